The van der Waals surface area contributed by atoms with Gasteiger partial charge in [-0.25, -0.2) is 14.8 Å². The minimum Gasteiger partial charge on any atom is -0.480 e. The van der Waals surface area contributed by atoms with Crippen molar-refractivity contribution < 1.29 is 18.7 Å². The van der Waals surface area contributed by atoms with Crippen molar-refractivity contribution in [3.8, 4) is 17.1 Å². The van der Waals surface area contributed by atoms with E-state index in [4.69, 9.17) is 23.9 Å². The topological polar surface area (TPSA) is 77.0 Å². The lowest BCUT2D eigenvalue weighted by Crippen LogP contribution is -2.51. The molecule has 3 heterocycles. The Morgan fingerprint density at radius 2 is 1.85 bits per heavy atom. The van der Waals surface area contributed by atoms with Gasteiger partial charge in [0, 0.05) is 18.8 Å². The van der Waals surface area contributed by atoms with Crippen molar-refractivity contribution in [1.82, 2.24) is 14.9 Å². The van der Waals surface area contributed by atoms with E-state index in [1.165, 1.54) is 0 Å². The van der Waals surface area contributed by atoms with E-state index in [-0.39, 0.29) is 35.8 Å². The second-order valence-electron chi connectivity index (χ2n) is 13.8. The molecule has 0 unspecified atom stereocenters. The maximum atomic E-state index is 13.4. The van der Waals surface area contributed by atoms with Crippen LogP contribution in [0, 0.1) is 6.92 Å². The molecule has 1 aliphatic rings. The lowest BCUT2D eigenvalue weighted by Gasteiger charge is -2.42. The highest BCUT2D eigenvalue weighted by atomic mass is 79.9. The van der Waals surface area contributed by atoms with Gasteiger partial charge in [0.25, 0.3) is 0 Å². The second kappa shape index (κ2) is 14.7. The number of carbonyl (C=O) groups is 1. The van der Waals surface area contributed by atoms with Crippen LogP contribution < -0.4 is 9.64 Å². The Kier molecular flexibility index (Phi) is 11.4. The highest BCUT2D eigenvalue weighted by Gasteiger charge is 2.46. The van der Waals surface area contributed by atoms with Crippen molar-refractivity contribution in [2.45, 2.75) is 84.3 Å². The lowest BCUT2D eigenvalue weighted by molar-refractivity contribution is 0.0980. The Labute approximate surface area is 284 Å². The molecule has 2 atom stereocenters. The summed E-state index contributed by atoms with van der Waals surface area (Å²) >= 11 is 3.80. The number of nitrogens with zero attached hydrogens (tertiary/aromatic N) is 4. The standard InChI is InChI=1S/C36H49BrN4O4Si/c1-11-19-41(29-20-25(4)32(39-33(29)37)27-17-18-28(24(2)3)38-34(27)43-8)30-21-40(22-31(30)45-46(9,10)36(5,6)7)35(42)44-23-26-15-13-12-14-16-26/h11-18,20,24,30-31H,1,19,21-23H2,2-10H3/t30-,31+/m1/s1. The van der Waals surface area contributed by atoms with Crippen LogP contribution in [0.5, 0.6) is 5.88 Å². The van der Waals surface area contributed by atoms with Crippen molar-refractivity contribution in [1.29, 1.82) is 0 Å². The molecule has 1 saturated heterocycles. The van der Waals surface area contributed by atoms with Gasteiger partial charge < -0.3 is 23.7 Å². The number of pyridine rings is 2. The number of likely N-dealkylation sites (tertiary alicyclic amines) is 1. The van der Waals surface area contributed by atoms with Gasteiger partial charge in [-0.2, -0.15) is 0 Å². The molecule has 8 nitrogen and oxygen atoms in total. The lowest BCUT2D eigenvalue weighted by atomic mass is 10.0. The first-order chi connectivity index (χ1) is 21.7. The summed E-state index contributed by atoms with van der Waals surface area (Å²) in [7, 11) is -0.559. The van der Waals surface area contributed by atoms with Crippen LogP contribution in [-0.2, 0) is 15.8 Å². The molecule has 1 amide bonds. The molecular weight excluding hydrogens is 660 g/mol. The van der Waals surface area contributed by atoms with Crippen molar-refractivity contribution in [2.24, 2.45) is 0 Å². The molecule has 0 bridgehead atoms. The van der Waals surface area contributed by atoms with E-state index in [0.29, 0.717) is 30.1 Å². The van der Waals surface area contributed by atoms with E-state index in [1.807, 2.05) is 55.5 Å². The van der Waals surface area contributed by atoms with Crippen molar-refractivity contribution in [3.63, 3.8) is 0 Å². The first kappa shape index (κ1) is 35.6. The van der Waals surface area contributed by atoms with Crippen LogP contribution in [0.4, 0.5) is 10.5 Å². The van der Waals surface area contributed by atoms with E-state index in [1.54, 1.807) is 12.0 Å². The Morgan fingerprint density at radius 3 is 2.46 bits per heavy atom. The Balaban J connectivity index is 1.70. The summed E-state index contributed by atoms with van der Waals surface area (Å²) in [5.74, 6) is 0.828. The molecule has 1 fully saturated rings. The number of halogens is 1. The fourth-order valence-electron chi connectivity index (χ4n) is 5.40. The zero-order chi connectivity index (χ0) is 33.8. The molecule has 0 radical (unpaired) electrons. The van der Waals surface area contributed by atoms with E-state index >= 15 is 0 Å². The molecular formula is C36H49BrN4O4Si. The molecule has 1 aliphatic heterocycles. The summed E-state index contributed by atoms with van der Waals surface area (Å²) in [5.41, 5.74) is 5.42. The van der Waals surface area contributed by atoms with Gasteiger partial charge in [-0.05, 0) is 76.2 Å². The van der Waals surface area contributed by atoms with Gasteiger partial charge in [-0.3, -0.25) is 0 Å². The van der Waals surface area contributed by atoms with Crippen LogP contribution in [0.3, 0.4) is 0 Å². The Morgan fingerprint density at radius 1 is 1.15 bits per heavy atom. The first-order valence-electron chi connectivity index (χ1n) is 15.9. The molecule has 1 aromatic carbocycles. The molecule has 0 aliphatic carbocycles. The third kappa shape index (κ3) is 8.01. The number of amides is 1. The predicted octanol–water partition coefficient (Wildman–Crippen LogP) is 8.75. The number of methoxy groups -OCH3 is 1. The van der Waals surface area contributed by atoms with Gasteiger partial charge in [0.1, 0.15) is 11.2 Å². The molecule has 0 saturated carbocycles. The number of aromatic nitrogens is 2. The minimum absolute atomic E-state index is 0.000635. The highest BCUT2D eigenvalue weighted by Crippen LogP contribution is 2.41. The molecule has 0 N–H and O–H groups in total. The summed E-state index contributed by atoms with van der Waals surface area (Å²) in [5, 5.41) is 0.000635. The number of aryl methyl sites for hydroxylation is 1. The van der Waals surface area contributed by atoms with Crippen molar-refractivity contribution in [3.05, 3.63) is 82.6 Å². The van der Waals surface area contributed by atoms with Crippen LogP contribution in [0.2, 0.25) is 18.1 Å². The van der Waals surface area contributed by atoms with Crippen molar-refractivity contribution >= 4 is 36.0 Å². The van der Waals surface area contributed by atoms with Crippen molar-refractivity contribution in [2.75, 3.05) is 31.6 Å². The van der Waals surface area contributed by atoms with Gasteiger partial charge in [0.15, 0.2) is 8.32 Å². The average Bonchev–Trinajstić information content (AvgIpc) is 3.42. The molecule has 248 valence electrons. The number of rotatable bonds is 11. The zero-order valence-corrected chi connectivity index (χ0v) is 31.3. The van der Waals surface area contributed by atoms with Gasteiger partial charge in [-0.1, -0.05) is 71.0 Å². The first-order valence-corrected chi connectivity index (χ1v) is 19.6. The number of hydrogen-bond donors (Lipinski definition) is 0. The summed E-state index contributed by atoms with van der Waals surface area (Å²) in [4.78, 5) is 27.2. The fraction of sp³-hybridized carbons (Fsp3) is 0.472. The molecule has 3 aromatic rings. The Hall–Kier alpha value is -3.21. The van der Waals surface area contributed by atoms with Gasteiger partial charge in [0.2, 0.25) is 5.88 Å². The smallest absolute Gasteiger partial charge is 0.410 e. The van der Waals surface area contributed by atoms with Crippen LogP contribution >= 0.6 is 15.9 Å². The number of carbonyl (C=O) groups excluding carboxylic acids is 1. The summed E-state index contributed by atoms with van der Waals surface area (Å²) < 4.78 is 19.2. The van der Waals surface area contributed by atoms with Gasteiger partial charge in [0.05, 0.1) is 42.7 Å². The quantitative estimate of drug-likeness (QED) is 0.112. The third-order valence-electron chi connectivity index (χ3n) is 9.06. The maximum absolute atomic E-state index is 13.4. The largest absolute Gasteiger partial charge is 0.480 e. The summed E-state index contributed by atoms with van der Waals surface area (Å²) in [6, 6.07) is 15.8. The monoisotopic (exact) mass is 708 g/mol. The summed E-state index contributed by atoms with van der Waals surface area (Å²) in [6.07, 6.45) is 1.30. The normalized spacial score (nSPS) is 16.9. The second-order valence-corrected chi connectivity index (χ2v) is 19.3. The van der Waals surface area contributed by atoms with Crippen LogP contribution in [0.15, 0.2) is 65.8 Å². The van der Waals surface area contributed by atoms with Gasteiger partial charge >= 0.3 is 6.09 Å². The predicted molar refractivity (Wildman–Crippen MR) is 192 cm³/mol. The summed E-state index contributed by atoms with van der Waals surface area (Å²) in [6.45, 7) is 23.2. The minimum atomic E-state index is -2.20. The molecule has 4 rings (SSSR count). The molecule has 2 aromatic heterocycles. The fourth-order valence-corrected chi connectivity index (χ4v) is 7.26. The Bertz CT molecular complexity index is 1530. The number of ether oxygens (including phenoxy) is 2. The average molecular weight is 710 g/mol. The van der Waals surface area contributed by atoms with E-state index in [0.717, 1.165) is 33.8 Å². The SMILES string of the molecule is C=CCN(c1cc(C)c(-c2ccc(C(C)C)nc2OC)nc1Br)[C@@H]1CN(C(=O)OCc2ccccc2)C[C@@H]1O[Si](C)(C)C(C)(C)C. The highest BCUT2D eigenvalue weighted by molar-refractivity contribution is 9.10. The van der Waals surface area contributed by atoms with Gasteiger partial charge in [-0.15, -0.1) is 6.58 Å². The molecule has 46 heavy (non-hydrogen) atoms. The van der Waals surface area contributed by atoms with E-state index < -0.39 is 8.32 Å². The molecule has 10 heteroatoms. The van der Waals surface area contributed by atoms with Crippen LogP contribution in [-0.4, -0.2) is 68.2 Å². The number of benzene rings is 1. The third-order valence-corrected chi connectivity index (χ3v) is 14.1. The van der Waals surface area contributed by atoms with E-state index in [2.05, 4.69) is 81.2 Å². The van der Waals surface area contributed by atoms with E-state index in [9.17, 15) is 4.79 Å². The number of anilines is 1. The zero-order valence-electron chi connectivity index (χ0n) is 28.8. The molecule has 0 spiro atoms. The van der Waals surface area contributed by atoms with Crippen LogP contribution in [0.25, 0.3) is 11.3 Å². The number of hydrogen-bond acceptors (Lipinski definition) is 7. The van der Waals surface area contributed by atoms with Crippen LogP contribution in [0.1, 0.15) is 57.4 Å². The maximum Gasteiger partial charge on any atom is 0.410 e.